The third-order valence-electron chi connectivity index (χ3n) is 3.33. The van der Waals surface area contributed by atoms with Gasteiger partial charge in [-0.15, -0.1) is 0 Å². The van der Waals surface area contributed by atoms with Gasteiger partial charge in [-0.3, -0.25) is 4.79 Å². The molecule has 0 atom stereocenters. The summed E-state index contributed by atoms with van der Waals surface area (Å²) >= 11 is 5.86. The molecule has 1 aliphatic heterocycles. The predicted molar refractivity (Wildman–Crippen MR) is 86.1 cm³/mol. The van der Waals surface area contributed by atoms with Crippen LogP contribution in [-0.2, 0) is 17.8 Å². The van der Waals surface area contributed by atoms with Gasteiger partial charge in [-0.2, -0.15) is 0 Å². The van der Waals surface area contributed by atoms with E-state index in [-0.39, 0.29) is 11.9 Å². The lowest BCUT2D eigenvalue weighted by Crippen LogP contribution is -2.28. The maximum atomic E-state index is 11.9. The molecule has 112 valence electrons. The molecule has 22 heavy (non-hydrogen) atoms. The number of halogens is 1. The summed E-state index contributed by atoms with van der Waals surface area (Å²) in [6.07, 6.45) is 0.387. The lowest BCUT2D eigenvalue weighted by Gasteiger charge is -2.09. The van der Waals surface area contributed by atoms with Gasteiger partial charge in [-0.05, 0) is 35.4 Å². The van der Waals surface area contributed by atoms with E-state index in [2.05, 4.69) is 16.0 Å². The van der Waals surface area contributed by atoms with Gasteiger partial charge in [-0.25, -0.2) is 4.79 Å². The second-order valence-corrected chi connectivity index (χ2v) is 5.47. The van der Waals surface area contributed by atoms with Crippen LogP contribution >= 0.6 is 11.6 Å². The van der Waals surface area contributed by atoms with Gasteiger partial charge in [0.05, 0.1) is 6.42 Å². The van der Waals surface area contributed by atoms with E-state index in [1.165, 1.54) is 0 Å². The Kier molecular flexibility index (Phi) is 3.98. The van der Waals surface area contributed by atoms with Crippen molar-refractivity contribution in [3.63, 3.8) is 0 Å². The lowest BCUT2D eigenvalue weighted by molar-refractivity contribution is -0.115. The molecule has 6 heteroatoms. The van der Waals surface area contributed by atoms with Gasteiger partial charge in [0.1, 0.15) is 0 Å². The van der Waals surface area contributed by atoms with Gasteiger partial charge < -0.3 is 16.0 Å². The van der Waals surface area contributed by atoms with Crippen molar-refractivity contribution >= 4 is 34.9 Å². The van der Waals surface area contributed by atoms with Crippen molar-refractivity contribution in [1.29, 1.82) is 0 Å². The molecule has 1 aliphatic rings. The first-order valence-electron chi connectivity index (χ1n) is 6.82. The van der Waals surface area contributed by atoms with Crippen molar-refractivity contribution in [1.82, 2.24) is 5.32 Å². The molecule has 0 aliphatic carbocycles. The van der Waals surface area contributed by atoms with Gasteiger partial charge in [0.2, 0.25) is 5.91 Å². The monoisotopic (exact) mass is 315 g/mol. The first kappa shape index (κ1) is 14.4. The Morgan fingerprint density at radius 2 is 2.09 bits per heavy atom. The van der Waals surface area contributed by atoms with E-state index in [4.69, 9.17) is 11.6 Å². The first-order chi connectivity index (χ1) is 10.6. The maximum Gasteiger partial charge on any atom is 0.319 e. The number of anilines is 2. The molecule has 0 fully saturated rings. The van der Waals surface area contributed by atoms with Crippen LogP contribution in [-0.4, -0.2) is 11.9 Å². The number of rotatable bonds is 3. The molecule has 3 rings (SSSR count). The number of nitrogens with one attached hydrogen (secondary N) is 3. The maximum absolute atomic E-state index is 11.9. The normalized spacial score (nSPS) is 12.5. The molecular weight excluding hydrogens is 302 g/mol. The highest BCUT2D eigenvalue weighted by molar-refractivity contribution is 6.30. The molecule has 0 unspecified atom stereocenters. The Hall–Kier alpha value is -2.53. The number of hydrogen-bond donors (Lipinski definition) is 3. The number of amides is 3. The van der Waals surface area contributed by atoms with Crippen LogP contribution in [0, 0.1) is 0 Å². The molecule has 3 N–H and O–H groups in total. The Morgan fingerprint density at radius 3 is 2.91 bits per heavy atom. The summed E-state index contributed by atoms with van der Waals surface area (Å²) in [4.78, 5) is 23.2. The summed E-state index contributed by atoms with van der Waals surface area (Å²) in [7, 11) is 0. The molecule has 0 saturated heterocycles. The molecule has 0 aromatic heterocycles. The molecular formula is C16H14ClN3O2. The quantitative estimate of drug-likeness (QED) is 0.814. The molecule has 2 aromatic rings. The second-order valence-electron chi connectivity index (χ2n) is 5.03. The van der Waals surface area contributed by atoms with Crippen molar-refractivity contribution in [3.8, 4) is 0 Å². The van der Waals surface area contributed by atoms with E-state index >= 15 is 0 Å². The highest BCUT2D eigenvalue weighted by Gasteiger charge is 2.17. The fourth-order valence-electron chi connectivity index (χ4n) is 2.32. The Morgan fingerprint density at radius 1 is 1.23 bits per heavy atom. The average Bonchev–Trinajstić information content (AvgIpc) is 2.84. The van der Waals surface area contributed by atoms with Gasteiger partial charge in [0.15, 0.2) is 0 Å². The number of benzene rings is 2. The number of fused-ring (bicyclic) bond motifs is 1. The zero-order valence-corrected chi connectivity index (χ0v) is 12.4. The van der Waals surface area contributed by atoms with Gasteiger partial charge in [-0.1, -0.05) is 29.8 Å². The third-order valence-corrected chi connectivity index (χ3v) is 3.57. The second kappa shape index (κ2) is 6.07. The fraction of sp³-hybridized carbons (Fsp3) is 0.125. The number of carbonyl (C=O) groups excluding carboxylic acids is 2. The highest BCUT2D eigenvalue weighted by atomic mass is 35.5. The predicted octanol–water partition coefficient (Wildman–Crippen LogP) is 3.16. The van der Waals surface area contributed by atoms with E-state index in [0.717, 1.165) is 16.8 Å². The van der Waals surface area contributed by atoms with E-state index in [1.54, 1.807) is 24.3 Å². The Bertz CT molecular complexity index is 746. The minimum atomic E-state index is -0.308. The van der Waals surface area contributed by atoms with Crippen LogP contribution in [0.25, 0.3) is 0 Å². The zero-order valence-electron chi connectivity index (χ0n) is 11.7. The summed E-state index contributed by atoms with van der Waals surface area (Å²) in [5, 5.41) is 8.82. The summed E-state index contributed by atoms with van der Waals surface area (Å²) in [5.41, 5.74) is 3.38. The van der Waals surface area contributed by atoms with Crippen molar-refractivity contribution in [2.75, 3.05) is 10.6 Å². The van der Waals surface area contributed by atoms with E-state index < -0.39 is 0 Å². The number of urea groups is 1. The van der Waals surface area contributed by atoms with Crippen molar-refractivity contribution < 1.29 is 9.59 Å². The lowest BCUT2D eigenvalue weighted by atomic mass is 10.1. The standard InChI is InChI=1S/C16H14ClN3O2/c17-12-2-1-3-13(8-12)19-16(22)18-9-10-4-5-14-11(6-10)7-15(21)20-14/h1-6,8H,7,9H2,(H,20,21)(H2,18,19,22). The van der Waals surface area contributed by atoms with Crippen LogP contribution in [0.5, 0.6) is 0 Å². The molecule has 1 heterocycles. The van der Waals surface area contributed by atoms with Gasteiger partial charge >= 0.3 is 6.03 Å². The Balaban J connectivity index is 1.57. The number of carbonyl (C=O) groups is 2. The summed E-state index contributed by atoms with van der Waals surface area (Å²) in [5.74, 6) is -0.00110. The van der Waals surface area contributed by atoms with Gasteiger partial charge in [0, 0.05) is 22.9 Å². The van der Waals surface area contributed by atoms with E-state index in [1.807, 2.05) is 18.2 Å². The van der Waals surface area contributed by atoms with Crippen LogP contribution in [0.3, 0.4) is 0 Å². The largest absolute Gasteiger partial charge is 0.334 e. The van der Waals surface area contributed by atoms with Gasteiger partial charge in [0.25, 0.3) is 0 Å². The molecule has 0 saturated carbocycles. The highest BCUT2D eigenvalue weighted by Crippen LogP contribution is 2.23. The van der Waals surface area contributed by atoms with E-state index in [9.17, 15) is 9.59 Å². The molecule has 0 radical (unpaired) electrons. The minimum Gasteiger partial charge on any atom is -0.334 e. The van der Waals surface area contributed by atoms with E-state index in [0.29, 0.717) is 23.7 Å². The summed E-state index contributed by atoms with van der Waals surface area (Å²) in [6.45, 7) is 0.383. The molecule has 3 amide bonds. The number of hydrogen-bond acceptors (Lipinski definition) is 2. The molecule has 2 aromatic carbocycles. The van der Waals surface area contributed by atoms with Crippen molar-refractivity contribution in [3.05, 3.63) is 58.6 Å². The summed E-state index contributed by atoms with van der Waals surface area (Å²) < 4.78 is 0. The van der Waals surface area contributed by atoms with Crippen molar-refractivity contribution in [2.24, 2.45) is 0 Å². The minimum absolute atomic E-state index is 0.00110. The zero-order chi connectivity index (χ0) is 15.5. The van der Waals surface area contributed by atoms with Crippen LogP contribution in [0.2, 0.25) is 5.02 Å². The third kappa shape index (κ3) is 3.38. The van der Waals surface area contributed by atoms with Crippen LogP contribution < -0.4 is 16.0 Å². The van der Waals surface area contributed by atoms with Crippen LogP contribution in [0.15, 0.2) is 42.5 Å². The van der Waals surface area contributed by atoms with Crippen LogP contribution in [0.1, 0.15) is 11.1 Å². The van der Waals surface area contributed by atoms with Crippen LogP contribution in [0.4, 0.5) is 16.2 Å². The molecule has 0 spiro atoms. The smallest absolute Gasteiger partial charge is 0.319 e. The Labute approximate surface area is 132 Å². The summed E-state index contributed by atoms with van der Waals surface area (Å²) in [6, 6.07) is 12.3. The molecule has 5 nitrogen and oxygen atoms in total. The SMILES string of the molecule is O=C1Cc2cc(CNC(=O)Nc3cccc(Cl)c3)ccc2N1. The first-order valence-corrected chi connectivity index (χ1v) is 7.20. The average molecular weight is 316 g/mol. The molecule has 0 bridgehead atoms. The van der Waals surface area contributed by atoms with Crippen molar-refractivity contribution in [2.45, 2.75) is 13.0 Å². The topological polar surface area (TPSA) is 70.2 Å². The fourth-order valence-corrected chi connectivity index (χ4v) is 2.51.